The van der Waals surface area contributed by atoms with E-state index in [0.29, 0.717) is 0 Å². The molecule has 11 aromatic carbocycles. The first-order chi connectivity index (χ1) is 34.7. The lowest BCUT2D eigenvalue weighted by Crippen LogP contribution is -2.29. The van der Waals surface area contributed by atoms with Crippen molar-refractivity contribution in [2.24, 2.45) is 0 Å². The lowest BCUT2D eigenvalue weighted by Gasteiger charge is -2.36. The molecule has 2 nitrogen and oxygen atoms in total. The number of fused-ring (bicyclic) bond motifs is 20. The Morgan fingerprint density at radius 3 is 1.50 bits per heavy atom. The molecule has 1 unspecified atom stereocenters. The van der Waals surface area contributed by atoms with E-state index in [9.17, 15) is 0 Å². The fraction of sp³-hybridized carbons (Fsp3) is 0.0149. The summed E-state index contributed by atoms with van der Waals surface area (Å²) in [4.78, 5) is 4.89. The van der Waals surface area contributed by atoms with Crippen LogP contribution in [0.1, 0.15) is 22.3 Å². The Balaban J connectivity index is 1.01. The van der Waals surface area contributed by atoms with Crippen LogP contribution in [0.15, 0.2) is 255 Å². The number of hydrogen-bond acceptors (Lipinski definition) is 3. The highest BCUT2D eigenvalue weighted by Crippen LogP contribution is 2.63. The molecule has 0 N–H and O–H groups in total. The lowest BCUT2D eigenvalue weighted by atomic mass is 9.65. The van der Waals surface area contributed by atoms with Crippen molar-refractivity contribution < 1.29 is 0 Å². The van der Waals surface area contributed by atoms with Crippen LogP contribution in [0, 0.1) is 0 Å². The molecule has 326 valence electrons. The van der Waals surface area contributed by atoms with Crippen molar-refractivity contribution in [2.75, 3.05) is 9.80 Å². The van der Waals surface area contributed by atoms with E-state index >= 15 is 0 Å². The molecular formula is C67H42N2S. The Bertz CT molecular complexity index is 4090. The summed E-state index contributed by atoms with van der Waals surface area (Å²) in [6.45, 7) is 0. The van der Waals surface area contributed by atoms with Crippen LogP contribution >= 0.6 is 11.3 Å². The van der Waals surface area contributed by atoms with Gasteiger partial charge in [0.2, 0.25) is 0 Å². The van der Waals surface area contributed by atoms with E-state index in [1.54, 1.807) is 0 Å². The predicted molar refractivity (Wildman–Crippen MR) is 295 cm³/mol. The zero-order chi connectivity index (χ0) is 45.9. The summed E-state index contributed by atoms with van der Waals surface area (Å²) in [5.41, 5.74) is 23.8. The molecule has 3 aliphatic rings. The van der Waals surface area contributed by atoms with Gasteiger partial charge in [-0.3, -0.25) is 0 Å². The van der Waals surface area contributed by atoms with Gasteiger partial charge < -0.3 is 9.80 Å². The van der Waals surface area contributed by atoms with Crippen molar-refractivity contribution in [1.82, 2.24) is 0 Å². The minimum Gasteiger partial charge on any atom is -0.310 e. The Morgan fingerprint density at radius 1 is 0.286 bits per heavy atom. The highest BCUT2D eigenvalue weighted by atomic mass is 32.1. The average Bonchev–Trinajstić information content (AvgIpc) is 3.86. The van der Waals surface area contributed by atoms with Gasteiger partial charge in [0.15, 0.2) is 0 Å². The third kappa shape index (κ3) is 5.49. The molecule has 0 saturated carbocycles. The quantitative estimate of drug-likeness (QED) is 0.174. The Hall–Kier alpha value is -8.76. The monoisotopic (exact) mass is 906 g/mol. The second kappa shape index (κ2) is 15.1. The summed E-state index contributed by atoms with van der Waals surface area (Å²) in [7, 11) is 0. The first kappa shape index (κ1) is 39.3. The van der Waals surface area contributed by atoms with Gasteiger partial charge in [0.25, 0.3) is 0 Å². The van der Waals surface area contributed by atoms with E-state index in [1.165, 1.54) is 98.1 Å². The standard InChI is InChI=1S/C67H42N2S/c1-3-19-43(20-4-1)68(46-36-38-64-57(40-46)50-26-10-8-24-48(50)53-29-13-17-33-63(53)69(64)44-21-5-2-6-22-44)45-35-37-61-55(39-45)49-25-9-7-23-47(49)51-27-11-15-31-59(51)67(61)60-32-16-12-28-52(60)56-42-66-58(41-62(56)67)54-30-14-18-34-65(54)70-66/h1-42H. The zero-order valence-electron chi connectivity index (χ0n) is 38.1. The molecule has 0 bridgehead atoms. The van der Waals surface area contributed by atoms with Crippen molar-refractivity contribution in [3.8, 4) is 55.6 Å². The summed E-state index contributed by atoms with van der Waals surface area (Å²) in [5, 5.41) is 2.63. The maximum absolute atomic E-state index is 2.55. The van der Waals surface area contributed by atoms with Gasteiger partial charge in [-0.25, -0.2) is 0 Å². The second-order valence-corrected chi connectivity index (χ2v) is 19.8. The van der Waals surface area contributed by atoms with Crippen molar-refractivity contribution in [1.29, 1.82) is 0 Å². The zero-order valence-corrected chi connectivity index (χ0v) is 38.9. The smallest absolute Gasteiger partial charge is 0.0725 e. The van der Waals surface area contributed by atoms with Crippen molar-refractivity contribution in [3.05, 3.63) is 277 Å². The molecule has 0 fully saturated rings. The molecule has 2 aliphatic carbocycles. The van der Waals surface area contributed by atoms with Crippen LogP contribution in [0.2, 0.25) is 0 Å². The van der Waals surface area contributed by atoms with E-state index in [0.717, 1.165) is 34.1 Å². The predicted octanol–water partition coefficient (Wildman–Crippen LogP) is 18.7. The van der Waals surface area contributed by atoms with Crippen LogP contribution in [0.25, 0.3) is 75.8 Å². The fourth-order valence-corrected chi connectivity index (χ4v) is 13.5. The van der Waals surface area contributed by atoms with Crippen LogP contribution in [-0.2, 0) is 5.41 Å². The Kier molecular flexibility index (Phi) is 8.48. The SMILES string of the molecule is c1ccc(N(c2ccc3c(c2)-c2ccccc2-c2ccccc2N3c2ccccc2)c2ccc3c(c2)-c2ccccc2-c2ccccc2C32c3ccccc3-c3cc4sc5ccccc5c4cc32)cc1. The van der Waals surface area contributed by atoms with Gasteiger partial charge in [0, 0.05) is 54.0 Å². The molecule has 0 saturated heterocycles. The highest BCUT2D eigenvalue weighted by molar-refractivity contribution is 7.25. The number of anilines is 6. The third-order valence-electron chi connectivity index (χ3n) is 15.2. The lowest BCUT2D eigenvalue weighted by molar-refractivity contribution is 0.776. The maximum Gasteiger partial charge on any atom is 0.0725 e. The average molecular weight is 907 g/mol. The third-order valence-corrected chi connectivity index (χ3v) is 16.3. The van der Waals surface area contributed by atoms with E-state index in [4.69, 9.17) is 0 Å². The Morgan fingerprint density at radius 2 is 0.771 bits per heavy atom. The second-order valence-electron chi connectivity index (χ2n) is 18.7. The summed E-state index contributed by atoms with van der Waals surface area (Å²) >= 11 is 1.90. The van der Waals surface area contributed by atoms with Gasteiger partial charge in [0.05, 0.1) is 16.8 Å². The molecule has 0 radical (unpaired) electrons. The first-order valence-electron chi connectivity index (χ1n) is 24.2. The summed E-state index contributed by atoms with van der Waals surface area (Å²) in [5.74, 6) is 0. The van der Waals surface area contributed by atoms with E-state index in [1.807, 2.05) is 11.3 Å². The number of para-hydroxylation sites is 3. The number of benzene rings is 11. The molecule has 1 aliphatic heterocycles. The largest absolute Gasteiger partial charge is 0.310 e. The van der Waals surface area contributed by atoms with Crippen LogP contribution in [-0.4, -0.2) is 0 Å². The first-order valence-corrected chi connectivity index (χ1v) is 25.0. The van der Waals surface area contributed by atoms with Crippen molar-refractivity contribution >= 4 is 65.6 Å². The highest BCUT2D eigenvalue weighted by Gasteiger charge is 2.50. The van der Waals surface area contributed by atoms with Crippen molar-refractivity contribution in [2.45, 2.75) is 5.41 Å². The number of rotatable bonds is 4. The number of thiophene rings is 1. The normalized spacial score (nSPS) is 14.6. The van der Waals surface area contributed by atoms with Crippen LogP contribution < -0.4 is 9.80 Å². The van der Waals surface area contributed by atoms with E-state index in [2.05, 4.69) is 265 Å². The molecule has 1 aromatic heterocycles. The molecule has 12 aromatic rings. The van der Waals surface area contributed by atoms with Crippen LogP contribution in [0.4, 0.5) is 34.1 Å². The van der Waals surface area contributed by atoms with Gasteiger partial charge in [-0.05, 0) is 146 Å². The number of hydrogen-bond donors (Lipinski definition) is 0. The molecule has 3 heteroatoms. The molecular weight excluding hydrogens is 865 g/mol. The molecule has 1 spiro atoms. The minimum atomic E-state index is -0.603. The summed E-state index contributed by atoms with van der Waals surface area (Å²) in [6, 6.07) is 95.2. The summed E-state index contributed by atoms with van der Waals surface area (Å²) in [6.07, 6.45) is 0. The van der Waals surface area contributed by atoms with E-state index < -0.39 is 5.41 Å². The molecule has 15 rings (SSSR count). The van der Waals surface area contributed by atoms with Crippen LogP contribution in [0.3, 0.4) is 0 Å². The van der Waals surface area contributed by atoms with E-state index in [-0.39, 0.29) is 0 Å². The van der Waals surface area contributed by atoms with Gasteiger partial charge >= 0.3 is 0 Å². The minimum absolute atomic E-state index is 0.603. The molecule has 70 heavy (non-hydrogen) atoms. The van der Waals surface area contributed by atoms with Crippen LogP contribution in [0.5, 0.6) is 0 Å². The topological polar surface area (TPSA) is 6.48 Å². The van der Waals surface area contributed by atoms with Crippen molar-refractivity contribution in [3.63, 3.8) is 0 Å². The maximum atomic E-state index is 2.55. The van der Waals surface area contributed by atoms with Gasteiger partial charge in [0.1, 0.15) is 0 Å². The molecule has 0 amide bonds. The number of nitrogens with zero attached hydrogens (tertiary/aromatic N) is 2. The summed E-state index contributed by atoms with van der Waals surface area (Å²) < 4.78 is 2.65. The van der Waals surface area contributed by atoms with Gasteiger partial charge in [-0.1, -0.05) is 176 Å². The Labute approximate surface area is 411 Å². The molecule has 1 atom stereocenters. The molecule has 2 heterocycles. The van der Waals surface area contributed by atoms with Gasteiger partial charge in [-0.2, -0.15) is 0 Å². The van der Waals surface area contributed by atoms with Gasteiger partial charge in [-0.15, -0.1) is 11.3 Å². The fourth-order valence-electron chi connectivity index (χ4n) is 12.4.